The Morgan fingerprint density at radius 3 is 2.60 bits per heavy atom. The van der Waals surface area contributed by atoms with Crippen LogP contribution in [-0.4, -0.2) is 23.4 Å². The van der Waals surface area contributed by atoms with Crippen molar-refractivity contribution in [1.29, 1.82) is 0 Å². The van der Waals surface area contributed by atoms with Crippen LogP contribution < -0.4 is 14.9 Å². The molecule has 4 aromatic rings. The molecule has 0 amide bonds. The molecule has 5 rings (SSSR count). The quantitative estimate of drug-likeness (QED) is 0.212. The van der Waals surface area contributed by atoms with E-state index in [9.17, 15) is 22.8 Å². The first-order valence-electron chi connectivity index (χ1n) is 12.2. The summed E-state index contributed by atoms with van der Waals surface area (Å²) in [5.41, 5.74) is 0.563. The second-order valence-electron chi connectivity index (χ2n) is 8.86. The van der Waals surface area contributed by atoms with Crippen LogP contribution in [0.25, 0.3) is 17.4 Å². The van der Waals surface area contributed by atoms with Gasteiger partial charge in [-0.25, -0.2) is 9.79 Å². The number of benzene rings is 2. The van der Waals surface area contributed by atoms with Crippen LogP contribution in [0, 0.1) is 0 Å². The third-order valence-corrected chi connectivity index (χ3v) is 8.05. The van der Waals surface area contributed by atoms with Gasteiger partial charge in [-0.05, 0) is 62.1 Å². The van der Waals surface area contributed by atoms with Crippen molar-refractivity contribution in [2.45, 2.75) is 31.0 Å². The molecule has 206 valence electrons. The Morgan fingerprint density at radius 1 is 1.18 bits per heavy atom. The Morgan fingerprint density at radius 2 is 1.93 bits per heavy atom. The highest BCUT2D eigenvalue weighted by atomic mass is 32.2. The number of thiazole rings is 1. The van der Waals surface area contributed by atoms with Crippen molar-refractivity contribution in [3.63, 3.8) is 0 Å². The van der Waals surface area contributed by atoms with E-state index in [1.54, 1.807) is 37.7 Å². The van der Waals surface area contributed by atoms with Crippen LogP contribution >= 0.6 is 23.1 Å². The van der Waals surface area contributed by atoms with Crippen LogP contribution in [0.2, 0.25) is 0 Å². The maximum absolute atomic E-state index is 13.7. The molecule has 11 heteroatoms. The van der Waals surface area contributed by atoms with Crippen LogP contribution in [0.4, 0.5) is 13.2 Å². The SMILES string of the molecule is CCOC(=O)C1=C(C)N=c2s/c(=C\c3ccc(-c4cccc(C(F)(F)F)c4)o3)c(=O)n2C1c1ccc(SC)cc1. The Balaban J connectivity index is 1.60. The molecular formula is C29H23F3N2O4S2. The Kier molecular flexibility index (Phi) is 7.61. The van der Waals surface area contributed by atoms with Crippen molar-refractivity contribution in [1.82, 2.24) is 4.57 Å². The normalized spacial score (nSPS) is 15.7. The Bertz CT molecular complexity index is 1800. The molecule has 0 radical (unpaired) electrons. The average molecular weight is 585 g/mol. The first-order chi connectivity index (χ1) is 19.1. The zero-order valence-electron chi connectivity index (χ0n) is 21.6. The van der Waals surface area contributed by atoms with Crippen molar-refractivity contribution in [3.8, 4) is 11.3 Å². The second kappa shape index (κ2) is 11.0. The number of nitrogens with zero attached hydrogens (tertiary/aromatic N) is 2. The van der Waals surface area contributed by atoms with Gasteiger partial charge in [0.1, 0.15) is 11.5 Å². The molecule has 2 aromatic heterocycles. The van der Waals surface area contributed by atoms with Crippen molar-refractivity contribution in [3.05, 3.63) is 109 Å². The number of allylic oxidation sites excluding steroid dienone is 1. The number of halogens is 3. The van der Waals surface area contributed by atoms with Crippen molar-refractivity contribution >= 4 is 35.1 Å². The number of carbonyl (C=O) groups is 1. The molecule has 1 unspecified atom stereocenters. The lowest BCUT2D eigenvalue weighted by atomic mass is 9.96. The minimum absolute atomic E-state index is 0.171. The van der Waals surface area contributed by atoms with E-state index in [1.165, 1.54) is 22.8 Å². The third kappa shape index (κ3) is 5.31. The monoisotopic (exact) mass is 584 g/mol. The van der Waals surface area contributed by atoms with Gasteiger partial charge in [0.25, 0.3) is 5.56 Å². The summed E-state index contributed by atoms with van der Waals surface area (Å²) < 4.78 is 52.4. The van der Waals surface area contributed by atoms with E-state index in [0.29, 0.717) is 20.8 Å². The molecular weight excluding hydrogens is 561 g/mol. The molecule has 1 atom stereocenters. The lowest BCUT2D eigenvalue weighted by Gasteiger charge is -2.24. The maximum atomic E-state index is 13.7. The molecule has 1 aliphatic heterocycles. The van der Waals surface area contributed by atoms with E-state index < -0.39 is 23.8 Å². The highest BCUT2D eigenvalue weighted by Gasteiger charge is 2.33. The summed E-state index contributed by atoms with van der Waals surface area (Å²) >= 11 is 2.71. The van der Waals surface area contributed by atoms with Crippen molar-refractivity contribution < 1.29 is 27.1 Å². The topological polar surface area (TPSA) is 73.8 Å². The predicted molar refractivity (Wildman–Crippen MR) is 148 cm³/mol. The van der Waals surface area contributed by atoms with Gasteiger partial charge in [-0.1, -0.05) is 35.6 Å². The fourth-order valence-corrected chi connectivity index (χ4v) is 5.89. The van der Waals surface area contributed by atoms with Crippen molar-refractivity contribution in [2.75, 3.05) is 12.9 Å². The molecule has 3 heterocycles. The van der Waals surface area contributed by atoms with Gasteiger partial charge in [0, 0.05) is 16.5 Å². The minimum atomic E-state index is -4.48. The highest BCUT2D eigenvalue weighted by Crippen LogP contribution is 2.33. The maximum Gasteiger partial charge on any atom is 0.416 e. The molecule has 1 aliphatic rings. The summed E-state index contributed by atoms with van der Waals surface area (Å²) in [6.07, 6.45) is -0.996. The van der Waals surface area contributed by atoms with Crippen LogP contribution in [-0.2, 0) is 15.7 Å². The number of hydrogen-bond donors (Lipinski definition) is 0. The summed E-state index contributed by atoms with van der Waals surface area (Å²) in [6, 6.07) is 14.8. The average Bonchev–Trinajstić information content (AvgIpc) is 3.52. The van der Waals surface area contributed by atoms with E-state index in [0.717, 1.165) is 33.9 Å². The summed E-state index contributed by atoms with van der Waals surface area (Å²) in [5, 5.41) is 0. The van der Waals surface area contributed by atoms with Gasteiger partial charge in [-0.15, -0.1) is 11.8 Å². The highest BCUT2D eigenvalue weighted by molar-refractivity contribution is 7.98. The lowest BCUT2D eigenvalue weighted by Crippen LogP contribution is -2.39. The van der Waals surface area contributed by atoms with E-state index in [4.69, 9.17) is 9.15 Å². The van der Waals surface area contributed by atoms with Gasteiger partial charge in [0.05, 0.1) is 34.0 Å². The van der Waals surface area contributed by atoms with Gasteiger partial charge in [0.2, 0.25) is 0 Å². The number of rotatable bonds is 6. The van der Waals surface area contributed by atoms with Gasteiger partial charge >= 0.3 is 12.1 Å². The summed E-state index contributed by atoms with van der Waals surface area (Å²) in [6.45, 7) is 3.59. The number of aromatic nitrogens is 1. The molecule has 0 N–H and O–H groups in total. The van der Waals surface area contributed by atoms with E-state index >= 15 is 0 Å². The molecule has 0 saturated carbocycles. The van der Waals surface area contributed by atoms with E-state index in [-0.39, 0.29) is 29.1 Å². The fraction of sp³-hybridized carbons (Fsp3) is 0.207. The van der Waals surface area contributed by atoms with Gasteiger partial charge in [0.15, 0.2) is 4.80 Å². The molecule has 40 heavy (non-hydrogen) atoms. The van der Waals surface area contributed by atoms with Gasteiger partial charge < -0.3 is 9.15 Å². The molecule has 0 aliphatic carbocycles. The first-order valence-corrected chi connectivity index (χ1v) is 14.3. The molecule has 0 spiro atoms. The lowest BCUT2D eigenvalue weighted by molar-refractivity contribution is -0.139. The standard InChI is InChI=1S/C29H23F3N2O4S2/c1-4-37-27(36)24-16(2)33-28-34(25(24)17-8-11-21(39-3)12-9-17)26(35)23(40-28)15-20-10-13-22(38-20)18-6-5-7-19(14-18)29(30,31)32/h5-15,25H,4H2,1-3H3/b23-15-. The van der Waals surface area contributed by atoms with Gasteiger partial charge in [-0.3, -0.25) is 9.36 Å². The summed E-state index contributed by atoms with van der Waals surface area (Å²) in [4.78, 5) is 32.7. The van der Waals surface area contributed by atoms with Crippen LogP contribution in [0.15, 0.2) is 91.0 Å². The Labute approximate surface area is 235 Å². The Hall–Kier alpha value is -3.83. The first kappa shape index (κ1) is 27.7. The predicted octanol–water partition coefficient (Wildman–Crippen LogP) is 5.80. The van der Waals surface area contributed by atoms with Crippen LogP contribution in [0.1, 0.15) is 36.8 Å². The molecule has 0 saturated heterocycles. The van der Waals surface area contributed by atoms with E-state index in [2.05, 4.69) is 4.99 Å². The van der Waals surface area contributed by atoms with Crippen molar-refractivity contribution in [2.24, 2.45) is 4.99 Å². The molecule has 2 aromatic carbocycles. The van der Waals surface area contributed by atoms with E-state index in [1.807, 2.05) is 30.5 Å². The molecule has 0 fully saturated rings. The van der Waals surface area contributed by atoms with Crippen LogP contribution in [0.5, 0.6) is 0 Å². The number of thioether (sulfide) groups is 1. The number of fused-ring (bicyclic) bond motifs is 1. The molecule has 0 bridgehead atoms. The van der Waals surface area contributed by atoms with Crippen LogP contribution in [0.3, 0.4) is 0 Å². The summed E-state index contributed by atoms with van der Waals surface area (Å²) in [7, 11) is 0. The number of esters is 1. The summed E-state index contributed by atoms with van der Waals surface area (Å²) in [5.74, 6) is -0.0223. The largest absolute Gasteiger partial charge is 0.463 e. The smallest absolute Gasteiger partial charge is 0.416 e. The zero-order chi connectivity index (χ0) is 28.6. The number of ether oxygens (including phenoxy) is 1. The fourth-order valence-electron chi connectivity index (χ4n) is 4.46. The second-order valence-corrected chi connectivity index (χ2v) is 10.7. The van der Waals surface area contributed by atoms with Gasteiger partial charge in [-0.2, -0.15) is 13.2 Å². The molecule has 6 nitrogen and oxygen atoms in total. The number of alkyl halides is 3. The number of hydrogen-bond acceptors (Lipinski definition) is 7. The number of carbonyl (C=O) groups excluding carboxylic acids is 1. The third-order valence-electron chi connectivity index (χ3n) is 6.32. The number of furan rings is 1. The zero-order valence-corrected chi connectivity index (χ0v) is 23.2. The minimum Gasteiger partial charge on any atom is -0.463 e.